The zero-order valence-corrected chi connectivity index (χ0v) is 14.5. The summed E-state index contributed by atoms with van der Waals surface area (Å²) in [4.78, 5) is 13.0. The SMILES string of the molecule is O=C1OCCN1c1ccc(NS(=O)(=O)CCCc2ccccc2)cc1. The van der Waals surface area contributed by atoms with Gasteiger partial charge < -0.3 is 4.74 Å². The minimum Gasteiger partial charge on any atom is -0.447 e. The molecule has 0 saturated carbocycles. The molecule has 3 rings (SSSR count). The van der Waals surface area contributed by atoms with E-state index in [0.29, 0.717) is 30.9 Å². The van der Waals surface area contributed by atoms with Crippen LogP contribution >= 0.6 is 0 Å². The number of amides is 1. The summed E-state index contributed by atoms with van der Waals surface area (Å²) in [5.41, 5.74) is 2.30. The van der Waals surface area contributed by atoms with E-state index in [9.17, 15) is 13.2 Å². The van der Waals surface area contributed by atoms with E-state index < -0.39 is 10.0 Å². The molecule has 0 aliphatic carbocycles. The van der Waals surface area contributed by atoms with Crippen molar-refractivity contribution in [3.63, 3.8) is 0 Å². The molecular weight excluding hydrogens is 340 g/mol. The van der Waals surface area contributed by atoms with Gasteiger partial charge in [0.2, 0.25) is 10.0 Å². The maximum atomic E-state index is 12.2. The highest BCUT2D eigenvalue weighted by atomic mass is 32.2. The van der Waals surface area contributed by atoms with Crippen LogP contribution < -0.4 is 9.62 Å². The van der Waals surface area contributed by atoms with Crippen molar-refractivity contribution in [2.24, 2.45) is 0 Å². The van der Waals surface area contributed by atoms with Crippen molar-refractivity contribution in [2.75, 3.05) is 28.5 Å². The zero-order valence-electron chi connectivity index (χ0n) is 13.7. The van der Waals surface area contributed by atoms with E-state index in [4.69, 9.17) is 4.74 Å². The van der Waals surface area contributed by atoms with Gasteiger partial charge in [-0.25, -0.2) is 13.2 Å². The molecule has 1 fully saturated rings. The molecule has 0 atom stereocenters. The number of carbonyl (C=O) groups is 1. The van der Waals surface area contributed by atoms with Crippen LogP contribution in [0.3, 0.4) is 0 Å². The fourth-order valence-corrected chi connectivity index (χ4v) is 3.80. The Morgan fingerprint density at radius 1 is 1.04 bits per heavy atom. The number of hydrogen-bond donors (Lipinski definition) is 1. The Kier molecular flexibility index (Phi) is 5.23. The average molecular weight is 360 g/mol. The van der Waals surface area contributed by atoms with Crippen molar-refractivity contribution in [1.82, 2.24) is 0 Å². The maximum absolute atomic E-state index is 12.2. The highest BCUT2D eigenvalue weighted by Gasteiger charge is 2.23. The summed E-state index contributed by atoms with van der Waals surface area (Å²) in [5, 5.41) is 0. The standard InChI is InChI=1S/C18H20N2O4S/c21-18-20(12-13-24-18)17-10-8-16(9-11-17)19-25(22,23)14-4-7-15-5-2-1-3-6-15/h1-3,5-6,8-11,19H,4,7,12-14H2. The first-order valence-corrected chi connectivity index (χ1v) is 9.77. The Bertz CT molecular complexity index is 820. The van der Waals surface area contributed by atoms with Crippen LogP contribution in [0.2, 0.25) is 0 Å². The number of sulfonamides is 1. The van der Waals surface area contributed by atoms with Crippen molar-refractivity contribution in [1.29, 1.82) is 0 Å². The van der Waals surface area contributed by atoms with Crippen molar-refractivity contribution in [3.8, 4) is 0 Å². The summed E-state index contributed by atoms with van der Waals surface area (Å²) < 4.78 is 31.8. The van der Waals surface area contributed by atoms with Crippen molar-refractivity contribution >= 4 is 27.5 Å². The number of nitrogens with zero attached hydrogens (tertiary/aromatic N) is 1. The summed E-state index contributed by atoms with van der Waals surface area (Å²) in [6.07, 6.45) is 0.892. The number of carbonyl (C=O) groups excluding carboxylic acids is 1. The number of rotatable bonds is 7. The summed E-state index contributed by atoms with van der Waals surface area (Å²) in [6, 6.07) is 16.5. The monoisotopic (exact) mass is 360 g/mol. The third kappa shape index (κ3) is 4.73. The van der Waals surface area contributed by atoms with Crippen LogP contribution in [0, 0.1) is 0 Å². The molecule has 1 N–H and O–H groups in total. The van der Waals surface area contributed by atoms with Gasteiger partial charge in [-0.05, 0) is 42.7 Å². The van der Waals surface area contributed by atoms with E-state index in [2.05, 4.69) is 4.72 Å². The van der Waals surface area contributed by atoms with Crippen LogP contribution in [0.15, 0.2) is 54.6 Å². The number of anilines is 2. The second kappa shape index (κ2) is 7.57. The van der Waals surface area contributed by atoms with E-state index in [1.54, 1.807) is 24.3 Å². The molecule has 0 unspecified atom stereocenters. The van der Waals surface area contributed by atoms with Gasteiger partial charge in [-0.2, -0.15) is 0 Å². The summed E-state index contributed by atoms with van der Waals surface area (Å²) in [6.45, 7) is 0.873. The molecule has 7 heteroatoms. The highest BCUT2D eigenvalue weighted by Crippen LogP contribution is 2.21. The lowest BCUT2D eigenvalue weighted by atomic mass is 10.1. The van der Waals surface area contributed by atoms with Crippen molar-refractivity contribution in [2.45, 2.75) is 12.8 Å². The van der Waals surface area contributed by atoms with Crippen LogP contribution in [-0.2, 0) is 21.2 Å². The Hall–Kier alpha value is -2.54. The van der Waals surface area contributed by atoms with Gasteiger partial charge in [-0.1, -0.05) is 30.3 Å². The lowest BCUT2D eigenvalue weighted by Gasteiger charge is -2.13. The summed E-state index contributed by atoms with van der Waals surface area (Å²) >= 11 is 0. The number of ether oxygens (including phenoxy) is 1. The maximum Gasteiger partial charge on any atom is 0.414 e. The molecule has 0 radical (unpaired) electrons. The van der Waals surface area contributed by atoms with Crippen LogP contribution in [0.25, 0.3) is 0 Å². The van der Waals surface area contributed by atoms with Gasteiger partial charge in [0.25, 0.3) is 0 Å². The topological polar surface area (TPSA) is 75.7 Å². The quantitative estimate of drug-likeness (QED) is 0.823. The summed E-state index contributed by atoms with van der Waals surface area (Å²) in [5.74, 6) is 0.0576. The number of nitrogens with one attached hydrogen (secondary N) is 1. The first kappa shape index (κ1) is 17.3. The Morgan fingerprint density at radius 3 is 2.40 bits per heavy atom. The predicted molar refractivity (Wildman–Crippen MR) is 97.3 cm³/mol. The minimum atomic E-state index is -3.40. The second-order valence-corrected chi connectivity index (χ2v) is 7.66. The van der Waals surface area contributed by atoms with Gasteiger partial charge in [0.05, 0.1) is 12.3 Å². The number of benzene rings is 2. The fraction of sp³-hybridized carbons (Fsp3) is 0.278. The minimum absolute atomic E-state index is 0.0576. The van der Waals surface area contributed by atoms with Gasteiger partial charge in [-0.15, -0.1) is 0 Å². The Morgan fingerprint density at radius 2 is 1.76 bits per heavy atom. The molecule has 2 aromatic carbocycles. The van der Waals surface area contributed by atoms with Crippen LogP contribution in [0.5, 0.6) is 0 Å². The van der Waals surface area contributed by atoms with Gasteiger partial charge in [0.1, 0.15) is 6.61 Å². The normalized spacial score (nSPS) is 14.4. The molecule has 2 aromatic rings. The largest absolute Gasteiger partial charge is 0.447 e. The summed E-state index contributed by atoms with van der Waals surface area (Å²) in [7, 11) is -3.40. The molecule has 1 heterocycles. The molecule has 0 bridgehead atoms. The zero-order chi connectivity index (χ0) is 17.7. The molecule has 0 spiro atoms. The first-order valence-electron chi connectivity index (χ1n) is 8.12. The Balaban J connectivity index is 1.54. The molecule has 1 saturated heterocycles. The average Bonchev–Trinajstić information content (AvgIpc) is 3.02. The van der Waals surface area contributed by atoms with E-state index in [0.717, 1.165) is 12.0 Å². The van der Waals surface area contributed by atoms with E-state index in [-0.39, 0.29) is 11.8 Å². The molecule has 1 aliphatic rings. The third-order valence-corrected chi connectivity index (χ3v) is 5.31. The molecule has 0 aromatic heterocycles. The molecule has 25 heavy (non-hydrogen) atoms. The molecule has 1 amide bonds. The number of cyclic esters (lactones) is 1. The molecule has 132 valence electrons. The number of aryl methyl sites for hydroxylation is 1. The van der Waals surface area contributed by atoms with Crippen molar-refractivity contribution < 1.29 is 17.9 Å². The van der Waals surface area contributed by atoms with Gasteiger partial charge >= 0.3 is 6.09 Å². The third-order valence-electron chi connectivity index (χ3n) is 3.93. The first-order chi connectivity index (χ1) is 12.0. The lowest BCUT2D eigenvalue weighted by Crippen LogP contribution is -2.23. The molecular formula is C18H20N2O4S. The predicted octanol–water partition coefficient (Wildman–Crippen LogP) is 3.02. The van der Waals surface area contributed by atoms with Gasteiger partial charge in [0.15, 0.2) is 0 Å². The molecule has 6 nitrogen and oxygen atoms in total. The van der Waals surface area contributed by atoms with E-state index in [1.165, 1.54) is 4.90 Å². The van der Waals surface area contributed by atoms with Crippen LogP contribution in [-0.4, -0.2) is 33.4 Å². The van der Waals surface area contributed by atoms with Crippen molar-refractivity contribution in [3.05, 3.63) is 60.2 Å². The molecule has 1 aliphatic heterocycles. The van der Waals surface area contributed by atoms with Crippen LogP contribution in [0.1, 0.15) is 12.0 Å². The van der Waals surface area contributed by atoms with E-state index >= 15 is 0 Å². The fourth-order valence-electron chi connectivity index (χ4n) is 2.68. The van der Waals surface area contributed by atoms with E-state index in [1.807, 2.05) is 30.3 Å². The number of hydrogen-bond acceptors (Lipinski definition) is 4. The smallest absolute Gasteiger partial charge is 0.414 e. The lowest BCUT2D eigenvalue weighted by molar-refractivity contribution is 0.181. The Labute approximate surface area is 147 Å². The highest BCUT2D eigenvalue weighted by molar-refractivity contribution is 7.92. The van der Waals surface area contributed by atoms with Gasteiger partial charge in [-0.3, -0.25) is 9.62 Å². The van der Waals surface area contributed by atoms with Gasteiger partial charge in [0, 0.05) is 11.4 Å². The van der Waals surface area contributed by atoms with Crippen LogP contribution in [0.4, 0.5) is 16.2 Å². The second-order valence-electron chi connectivity index (χ2n) is 5.82.